The van der Waals surface area contributed by atoms with Crippen molar-refractivity contribution in [3.05, 3.63) is 0 Å². The molecule has 8 nitrogen and oxygen atoms in total. The number of halogens is 1. The van der Waals surface area contributed by atoms with Gasteiger partial charge in [0.05, 0.1) is 18.6 Å². The standard InChI is InChI=1S/C17H29FN2O6/c1-10(2)25-14(22)8-11(19-16(24)26-17(3,4)5)9-20-13(21)7-6-12(18)15(20)23/h10-12,15,23H,6-9H2,1-5H3,(H,19,24)/t11?,12-,15?/m0/s1. The Morgan fingerprint density at radius 3 is 2.54 bits per heavy atom. The fraction of sp³-hybridized carbons (Fsp3) is 0.824. The van der Waals surface area contributed by atoms with Gasteiger partial charge in [0.2, 0.25) is 5.91 Å². The first kappa shape index (κ1) is 22.1. The van der Waals surface area contributed by atoms with E-state index in [1.165, 1.54) is 0 Å². The van der Waals surface area contributed by atoms with Crippen molar-refractivity contribution < 1.29 is 33.4 Å². The molecule has 1 fully saturated rings. The van der Waals surface area contributed by atoms with E-state index in [0.717, 1.165) is 4.90 Å². The van der Waals surface area contributed by atoms with Crippen LogP contribution in [-0.4, -0.2) is 64.7 Å². The monoisotopic (exact) mass is 376 g/mol. The number of aliphatic hydroxyl groups is 1. The van der Waals surface area contributed by atoms with Crippen molar-refractivity contribution in [3.8, 4) is 0 Å². The van der Waals surface area contributed by atoms with Crippen molar-refractivity contribution >= 4 is 18.0 Å². The average Bonchev–Trinajstić information content (AvgIpc) is 2.44. The Bertz CT molecular complexity index is 520. The van der Waals surface area contributed by atoms with E-state index in [0.29, 0.717) is 0 Å². The van der Waals surface area contributed by atoms with Gasteiger partial charge in [-0.25, -0.2) is 9.18 Å². The Balaban J connectivity index is 2.83. The fourth-order valence-corrected chi connectivity index (χ4v) is 2.49. The molecule has 150 valence electrons. The first-order valence-corrected chi connectivity index (χ1v) is 8.69. The molecule has 0 saturated carbocycles. The average molecular weight is 376 g/mol. The molecule has 1 aliphatic rings. The first-order valence-electron chi connectivity index (χ1n) is 8.69. The van der Waals surface area contributed by atoms with Crippen molar-refractivity contribution in [1.82, 2.24) is 10.2 Å². The molecule has 3 atom stereocenters. The topological polar surface area (TPSA) is 105 Å². The van der Waals surface area contributed by atoms with Gasteiger partial charge in [-0.15, -0.1) is 0 Å². The van der Waals surface area contributed by atoms with Crippen molar-refractivity contribution in [2.75, 3.05) is 6.54 Å². The molecule has 1 aliphatic heterocycles. The van der Waals surface area contributed by atoms with Crippen LogP contribution in [0, 0.1) is 0 Å². The number of aliphatic hydroxyl groups excluding tert-OH is 1. The van der Waals surface area contributed by atoms with E-state index in [1.807, 2.05) is 0 Å². The number of esters is 1. The molecule has 0 radical (unpaired) electrons. The summed E-state index contributed by atoms with van der Waals surface area (Å²) in [6.07, 6.45) is -4.66. The molecule has 1 heterocycles. The number of carbonyl (C=O) groups is 3. The van der Waals surface area contributed by atoms with Gasteiger partial charge in [-0.3, -0.25) is 9.59 Å². The number of ether oxygens (including phenoxy) is 2. The smallest absolute Gasteiger partial charge is 0.407 e. The van der Waals surface area contributed by atoms with Crippen molar-refractivity contribution in [1.29, 1.82) is 0 Å². The highest BCUT2D eigenvalue weighted by Gasteiger charge is 2.36. The molecule has 2 amide bonds. The predicted molar refractivity (Wildman–Crippen MR) is 90.9 cm³/mol. The number of nitrogens with one attached hydrogen (secondary N) is 1. The van der Waals surface area contributed by atoms with E-state index < -0.39 is 42.0 Å². The SMILES string of the molecule is CC(C)OC(=O)CC(CN1C(=O)CC[C@H](F)C1O)NC(=O)OC(C)(C)C. The van der Waals surface area contributed by atoms with Crippen LogP contribution >= 0.6 is 0 Å². The van der Waals surface area contributed by atoms with Crippen LogP contribution in [0.4, 0.5) is 9.18 Å². The van der Waals surface area contributed by atoms with Gasteiger partial charge in [0.25, 0.3) is 0 Å². The summed E-state index contributed by atoms with van der Waals surface area (Å²) in [6, 6.07) is -0.889. The van der Waals surface area contributed by atoms with Crippen LogP contribution in [0.3, 0.4) is 0 Å². The van der Waals surface area contributed by atoms with Gasteiger partial charge in [-0.2, -0.15) is 0 Å². The normalized spacial score (nSPS) is 22.2. The molecular weight excluding hydrogens is 347 g/mol. The summed E-state index contributed by atoms with van der Waals surface area (Å²) >= 11 is 0. The van der Waals surface area contributed by atoms with E-state index >= 15 is 0 Å². The van der Waals surface area contributed by atoms with Crippen LogP contribution in [0.5, 0.6) is 0 Å². The van der Waals surface area contributed by atoms with Crippen molar-refractivity contribution in [3.63, 3.8) is 0 Å². The molecule has 0 aromatic heterocycles. The minimum atomic E-state index is -1.61. The number of likely N-dealkylation sites (tertiary alicyclic amines) is 1. The second-order valence-electron chi connectivity index (χ2n) is 7.60. The molecule has 2 N–H and O–H groups in total. The second-order valence-corrected chi connectivity index (χ2v) is 7.60. The lowest BCUT2D eigenvalue weighted by molar-refractivity contribution is -0.157. The zero-order chi connectivity index (χ0) is 20.1. The summed E-state index contributed by atoms with van der Waals surface area (Å²) in [7, 11) is 0. The third-order valence-electron chi connectivity index (χ3n) is 3.52. The molecular formula is C17H29FN2O6. The number of carbonyl (C=O) groups excluding carboxylic acids is 3. The number of nitrogens with zero attached hydrogens (tertiary/aromatic N) is 1. The number of rotatable bonds is 6. The molecule has 0 aliphatic carbocycles. The predicted octanol–water partition coefficient (Wildman–Crippen LogP) is 1.50. The van der Waals surface area contributed by atoms with E-state index in [2.05, 4.69) is 5.32 Å². The van der Waals surface area contributed by atoms with Gasteiger partial charge in [-0.1, -0.05) is 0 Å². The van der Waals surface area contributed by atoms with Gasteiger partial charge < -0.3 is 24.8 Å². The Labute approximate surface area is 153 Å². The zero-order valence-corrected chi connectivity index (χ0v) is 16.0. The third-order valence-corrected chi connectivity index (χ3v) is 3.52. The summed E-state index contributed by atoms with van der Waals surface area (Å²) in [5.74, 6) is -1.03. The highest BCUT2D eigenvalue weighted by Crippen LogP contribution is 2.20. The highest BCUT2D eigenvalue weighted by molar-refractivity contribution is 5.78. The van der Waals surface area contributed by atoms with Crippen LogP contribution in [0.1, 0.15) is 53.9 Å². The molecule has 1 rings (SSSR count). The van der Waals surface area contributed by atoms with Gasteiger partial charge in [-0.05, 0) is 41.0 Å². The maximum atomic E-state index is 13.7. The van der Waals surface area contributed by atoms with Gasteiger partial charge in [0.1, 0.15) is 11.8 Å². The highest BCUT2D eigenvalue weighted by atomic mass is 19.1. The Morgan fingerprint density at radius 2 is 2.00 bits per heavy atom. The molecule has 0 aromatic rings. The van der Waals surface area contributed by atoms with Gasteiger partial charge in [0, 0.05) is 13.0 Å². The van der Waals surface area contributed by atoms with E-state index in [4.69, 9.17) is 9.47 Å². The first-order chi connectivity index (χ1) is 11.9. The van der Waals surface area contributed by atoms with Gasteiger partial charge in [0.15, 0.2) is 6.23 Å². The van der Waals surface area contributed by atoms with Crippen LogP contribution < -0.4 is 5.32 Å². The Kier molecular flexibility index (Phi) is 7.80. The van der Waals surface area contributed by atoms with Crippen molar-refractivity contribution in [2.45, 2.75) is 84.0 Å². The van der Waals surface area contributed by atoms with Crippen LogP contribution in [0.2, 0.25) is 0 Å². The minimum absolute atomic E-state index is 0.0478. The lowest BCUT2D eigenvalue weighted by Crippen LogP contribution is -2.55. The van der Waals surface area contributed by atoms with Gasteiger partial charge >= 0.3 is 12.1 Å². The third kappa shape index (κ3) is 7.55. The van der Waals surface area contributed by atoms with Crippen LogP contribution in [0.15, 0.2) is 0 Å². The van der Waals surface area contributed by atoms with E-state index in [9.17, 15) is 23.9 Å². The molecule has 0 spiro atoms. The summed E-state index contributed by atoms with van der Waals surface area (Å²) in [6.45, 7) is 8.17. The van der Waals surface area contributed by atoms with E-state index in [1.54, 1.807) is 34.6 Å². The zero-order valence-electron chi connectivity index (χ0n) is 16.0. The largest absolute Gasteiger partial charge is 0.463 e. The molecule has 1 saturated heterocycles. The number of alkyl halides is 1. The molecule has 26 heavy (non-hydrogen) atoms. The van der Waals surface area contributed by atoms with Crippen LogP contribution in [-0.2, 0) is 19.1 Å². The molecule has 9 heteroatoms. The van der Waals surface area contributed by atoms with Crippen LogP contribution in [0.25, 0.3) is 0 Å². The summed E-state index contributed by atoms with van der Waals surface area (Å²) < 4.78 is 23.9. The summed E-state index contributed by atoms with van der Waals surface area (Å²) in [4.78, 5) is 36.9. The number of alkyl carbamates (subject to hydrolysis) is 1. The molecule has 0 bridgehead atoms. The Hall–Kier alpha value is -1.90. The quantitative estimate of drug-likeness (QED) is 0.681. The number of piperidine rings is 1. The maximum absolute atomic E-state index is 13.7. The number of amides is 2. The second kappa shape index (κ2) is 9.16. The number of hydrogen-bond acceptors (Lipinski definition) is 6. The molecule has 0 aromatic carbocycles. The lowest BCUT2D eigenvalue weighted by Gasteiger charge is -2.36. The fourth-order valence-electron chi connectivity index (χ4n) is 2.49. The lowest BCUT2D eigenvalue weighted by atomic mass is 10.0. The number of hydrogen-bond donors (Lipinski definition) is 2. The van der Waals surface area contributed by atoms with Crippen molar-refractivity contribution in [2.24, 2.45) is 0 Å². The maximum Gasteiger partial charge on any atom is 0.407 e. The summed E-state index contributed by atoms with van der Waals surface area (Å²) in [5, 5.41) is 12.4. The molecule has 2 unspecified atom stereocenters. The van der Waals surface area contributed by atoms with E-state index in [-0.39, 0.29) is 31.9 Å². The summed E-state index contributed by atoms with van der Waals surface area (Å²) in [5.41, 5.74) is -0.752. The Morgan fingerprint density at radius 1 is 1.38 bits per heavy atom. The minimum Gasteiger partial charge on any atom is -0.463 e.